The number of methoxy groups -OCH3 is 2. The smallest absolute Gasteiger partial charge is 0.328 e. The summed E-state index contributed by atoms with van der Waals surface area (Å²) in [6.07, 6.45) is 0.457. The van der Waals surface area contributed by atoms with Crippen molar-refractivity contribution in [3.8, 4) is 11.5 Å². The quantitative estimate of drug-likeness (QED) is 0.0530. The molecule has 6 N–H and O–H groups in total. The predicted molar refractivity (Wildman–Crippen MR) is 249 cm³/mol. The van der Waals surface area contributed by atoms with E-state index in [0.717, 1.165) is 11.1 Å². The van der Waals surface area contributed by atoms with Crippen LogP contribution in [0.15, 0.2) is 66.7 Å². The van der Waals surface area contributed by atoms with E-state index in [4.69, 9.17) is 55.9 Å². The Labute approximate surface area is 390 Å². The van der Waals surface area contributed by atoms with Crippen molar-refractivity contribution in [2.45, 2.75) is 50.9 Å². The van der Waals surface area contributed by atoms with E-state index in [2.05, 4.69) is 21.3 Å². The Hall–Kier alpha value is -2.69. The maximum Gasteiger partial charge on any atom is 0.328 e. The van der Waals surface area contributed by atoms with Crippen molar-refractivity contribution in [3.05, 3.63) is 109 Å². The molecule has 19 heteroatoms. The van der Waals surface area contributed by atoms with Gasteiger partial charge in [0.15, 0.2) is 0 Å². The number of carbonyl (C=O) groups excluding carboxylic acids is 4. The van der Waals surface area contributed by atoms with Gasteiger partial charge >= 0.3 is 11.9 Å². The lowest BCUT2D eigenvalue weighted by atomic mass is 10.1. The first-order chi connectivity index (χ1) is 26.8. The highest BCUT2D eigenvalue weighted by Gasteiger charge is 2.27. The summed E-state index contributed by atoms with van der Waals surface area (Å²) in [6, 6.07) is 15.4. The van der Waals surface area contributed by atoms with Crippen LogP contribution in [0.5, 0.6) is 11.5 Å². The standard InChI is InChI=1S/C19H18Cl2I2N2O4.C19H19Cl2IN2O4/c1-9(24-11-3-4-12(20)13(21)8-11)18(27)25-16(19(28)29-2)7-10-5-14(22)17(26)15(23)6-10;1-10(23-12-4-5-13(20)14(21)9-12)18(26)24-16(19(27)28-2)8-11-3-6-17(25)15(22)7-11/h3-6,8-9,16,24,26H,7H2,1-2H3,(H,25,27);3-7,9-10,16,23,25H,8H2,1-2H3,(H,24,26)/t9-,16-;10-,16-/m00/s1. The Morgan fingerprint density at radius 1 is 0.596 bits per heavy atom. The van der Waals surface area contributed by atoms with Crippen LogP contribution in [-0.2, 0) is 41.5 Å². The summed E-state index contributed by atoms with van der Waals surface area (Å²) < 4.78 is 11.6. The number of phenols is 2. The summed E-state index contributed by atoms with van der Waals surface area (Å²) in [5, 5.41) is 32.6. The molecule has 306 valence electrons. The number of benzene rings is 4. The lowest BCUT2D eigenvalue weighted by molar-refractivity contribution is -0.145. The van der Waals surface area contributed by atoms with Crippen LogP contribution in [0.25, 0.3) is 0 Å². The number of halogens is 7. The molecule has 0 heterocycles. The monoisotopic (exact) mass is 1200 g/mol. The summed E-state index contributed by atoms with van der Waals surface area (Å²) in [6.45, 7) is 3.33. The van der Waals surface area contributed by atoms with Gasteiger partial charge in [-0.1, -0.05) is 52.5 Å². The maximum absolute atomic E-state index is 12.6. The SMILES string of the molecule is COC(=O)[C@H](Cc1cc(I)c(O)c(I)c1)NC(=O)[C@H](C)Nc1ccc(Cl)c(Cl)c1.COC(=O)[C@H](Cc1ccc(O)c(I)c1)NC(=O)[C@H](C)Nc1ccc(Cl)c(Cl)c1. The van der Waals surface area contributed by atoms with Gasteiger partial charge in [0.1, 0.15) is 35.7 Å². The molecule has 4 aromatic rings. The van der Waals surface area contributed by atoms with Gasteiger partial charge in [0.05, 0.1) is 45.0 Å². The number of rotatable bonds is 14. The molecular weight excluding hydrogens is 1160 g/mol. The van der Waals surface area contributed by atoms with Crippen LogP contribution in [0.2, 0.25) is 20.1 Å². The number of nitrogens with one attached hydrogen (secondary N) is 4. The van der Waals surface area contributed by atoms with Crippen LogP contribution in [0.1, 0.15) is 25.0 Å². The highest BCUT2D eigenvalue weighted by molar-refractivity contribution is 14.1. The summed E-state index contributed by atoms with van der Waals surface area (Å²) in [4.78, 5) is 49.5. The van der Waals surface area contributed by atoms with Gasteiger partial charge in [-0.15, -0.1) is 0 Å². The Morgan fingerprint density at radius 3 is 1.39 bits per heavy atom. The van der Waals surface area contributed by atoms with E-state index in [1.807, 2.05) is 67.8 Å². The van der Waals surface area contributed by atoms with Crippen LogP contribution in [0.4, 0.5) is 11.4 Å². The van der Waals surface area contributed by atoms with Crippen molar-refractivity contribution in [1.82, 2.24) is 10.6 Å². The third-order valence-electron chi connectivity index (χ3n) is 7.96. The molecule has 0 unspecified atom stereocenters. The second kappa shape index (κ2) is 23.2. The van der Waals surface area contributed by atoms with Crippen LogP contribution < -0.4 is 21.3 Å². The molecule has 0 radical (unpaired) electrons. The zero-order chi connectivity index (χ0) is 42.6. The van der Waals surface area contributed by atoms with Gasteiger partial charge in [0.25, 0.3) is 0 Å². The molecule has 0 saturated heterocycles. The van der Waals surface area contributed by atoms with E-state index >= 15 is 0 Å². The largest absolute Gasteiger partial charge is 0.507 e. The summed E-state index contributed by atoms with van der Waals surface area (Å²) in [5.41, 5.74) is 2.82. The highest BCUT2D eigenvalue weighted by atomic mass is 127. The average molecular weight is 1200 g/mol. The zero-order valence-corrected chi connectivity index (χ0v) is 40.1. The molecule has 4 rings (SSSR count). The number of hydrogen-bond donors (Lipinski definition) is 6. The Bertz CT molecular complexity index is 2080. The number of phenolic OH excluding ortho intramolecular Hbond substituents is 2. The minimum atomic E-state index is -0.873. The number of carbonyl (C=O) groups is 4. The molecule has 0 saturated carbocycles. The van der Waals surface area contributed by atoms with Crippen molar-refractivity contribution in [1.29, 1.82) is 0 Å². The highest BCUT2D eigenvalue weighted by Crippen LogP contribution is 2.29. The fraction of sp³-hybridized carbons (Fsp3) is 0.263. The lowest BCUT2D eigenvalue weighted by Crippen LogP contribution is -2.48. The average Bonchev–Trinajstić information content (AvgIpc) is 3.17. The predicted octanol–water partition coefficient (Wildman–Crippen LogP) is 8.61. The molecule has 4 atom stereocenters. The number of aromatic hydroxyl groups is 2. The minimum Gasteiger partial charge on any atom is -0.507 e. The van der Waals surface area contributed by atoms with E-state index in [-0.39, 0.29) is 36.2 Å². The summed E-state index contributed by atoms with van der Waals surface area (Å²) in [7, 11) is 2.53. The normalized spacial score (nSPS) is 12.8. The van der Waals surface area contributed by atoms with E-state index in [9.17, 15) is 29.4 Å². The first kappa shape index (κ1) is 48.7. The van der Waals surface area contributed by atoms with E-state index in [0.29, 0.717) is 42.2 Å². The first-order valence-electron chi connectivity index (χ1n) is 16.7. The van der Waals surface area contributed by atoms with Gasteiger partial charge in [-0.25, -0.2) is 9.59 Å². The number of anilines is 2. The lowest BCUT2D eigenvalue weighted by Gasteiger charge is -2.21. The van der Waals surface area contributed by atoms with Crippen molar-refractivity contribution in [2.24, 2.45) is 0 Å². The number of amides is 2. The Morgan fingerprint density at radius 2 is 1.00 bits per heavy atom. The third kappa shape index (κ3) is 15.1. The molecule has 0 fully saturated rings. The van der Waals surface area contributed by atoms with Gasteiger partial charge in [-0.05, 0) is 153 Å². The molecule has 0 aliphatic heterocycles. The second-order valence-corrected chi connectivity index (χ2v) is 17.4. The van der Waals surface area contributed by atoms with Crippen molar-refractivity contribution < 1.29 is 38.9 Å². The fourth-order valence-corrected chi connectivity index (χ4v) is 8.03. The van der Waals surface area contributed by atoms with E-state index < -0.39 is 36.1 Å². The number of ether oxygens (including phenoxy) is 2. The van der Waals surface area contributed by atoms with Crippen LogP contribution in [-0.4, -0.2) is 72.4 Å². The Kier molecular flexibility index (Phi) is 19.8. The van der Waals surface area contributed by atoms with Gasteiger partial charge in [0.2, 0.25) is 11.8 Å². The molecule has 57 heavy (non-hydrogen) atoms. The number of hydrogen-bond acceptors (Lipinski definition) is 10. The topological polar surface area (TPSA) is 175 Å². The minimum absolute atomic E-state index is 0.155. The number of esters is 2. The van der Waals surface area contributed by atoms with Gasteiger partial charge in [-0.2, -0.15) is 0 Å². The molecule has 0 bridgehead atoms. The van der Waals surface area contributed by atoms with Crippen LogP contribution >= 0.6 is 114 Å². The molecule has 2 amide bonds. The second-order valence-electron chi connectivity index (χ2n) is 12.3. The molecule has 12 nitrogen and oxygen atoms in total. The summed E-state index contributed by atoms with van der Waals surface area (Å²) >= 11 is 29.8. The molecular formula is C38H37Cl4I3N4O8. The van der Waals surface area contributed by atoms with Crippen molar-refractivity contribution in [3.63, 3.8) is 0 Å². The Balaban J connectivity index is 0.000000306. The molecule has 4 aromatic carbocycles. The van der Waals surface area contributed by atoms with E-state index in [1.165, 1.54) is 14.2 Å². The van der Waals surface area contributed by atoms with E-state index in [1.54, 1.807) is 80.6 Å². The maximum atomic E-state index is 12.6. The van der Waals surface area contributed by atoms with Crippen LogP contribution in [0.3, 0.4) is 0 Å². The van der Waals surface area contributed by atoms with Crippen LogP contribution in [0, 0.1) is 10.7 Å². The third-order valence-corrected chi connectivity index (χ3v) is 12.0. The van der Waals surface area contributed by atoms with Crippen molar-refractivity contribution >= 4 is 149 Å². The molecule has 0 aliphatic rings. The van der Waals surface area contributed by atoms with Crippen molar-refractivity contribution in [2.75, 3.05) is 24.9 Å². The van der Waals surface area contributed by atoms with Gasteiger partial charge in [0, 0.05) is 24.2 Å². The van der Waals surface area contributed by atoms with Gasteiger partial charge < -0.3 is 41.0 Å². The first-order valence-corrected chi connectivity index (χ1v) is 21.4. The van der Waals surface area contributed by atoms with Gasteiger partial charge in [-0.3, -0.25) is 9.59 Å². The molecule has 0 spiro atoms. The summed E-state index contributed by atoms with van der Waals surface area (Å²) in [5.74, 6) is -1.53. The molecule has 0 aromatic heterocycles. The fourth-order valence-electron chi connectivity index (χ4n) is 4.95. The molecule has 0 aliphatic carbocycles. The zero-order valence-electron chi connectivity index (χ0n) is 30.6.